The monoisotopic (exact) mass is 422 g/mol. The zero-order valence-corrected chi connectivity index (χ0v) is 18.4. The van der Waals surface area contributed by atoms with E-state index in [4.69, 9.17) is 20.6 Å². The van der Waals surface area contributed by atoms with Crippen molar-refractivity contribution in [1.82, 2.24) is 14.8 Å². The van der Waals surface area contributed by atoms with E-state index in [0.717, 1.165) is 65.5 Å². The van der Waals surface area contributed by atoms with E-state index in [1.807, 2.05) is 35.0 Å². The normalized spacial score (nSPS) is 16.6. The Labute approximate surface area is 187 Å². The smallest absolute Gasteiger partial charge is 0.229 e. The molecule has 0 bridgehead atoms. The topological polar surface area (TPSA) is 66.0 Å². The molecule has 1 aliphatic heterocycles. The lowest BCUT2D eigenvalue weighted by Gasteiger charge is -2.30. The van der Waals surface area contributed by atoms with Crippen LogP contribution in [0.5, 0.6) is 11.8 Å². The van der Waals surface area contributed by atoms with E-state index in [9.17, 15) is 0 Å². The molecule has 0 fully saturated rings. The minimum Gasteiger partial charge on any atom is -0.420 e. The van der Waals surface area contributed by atoms with Gasteiger partial charge in [-0.25, -0.2) is 9.67 Å². The molecule has 6 rings (SSSR count). The van der Waals surface area contributed by atoms with Crippen molar-refractivity contribution in [3.63, 3.8) is 0 Å². The minimum absolute atomic E-state index is 0.0640. The SMILES string of the molecule is Cc1cccc(C2c3c(nc4c(c3N)CCCC4)Oc3c2c(C)nn3-c2ccccc2)c1. The Morgan fingerprint density at radius 3 is 2.59 bits per heavy atom. The van der Waals surface area contributed by atoms with Crippen LogP contribution in [-0.4, -0.2) is 14.8 Å². The van der Waals surface area contributed by atoms with Crippen molar-refractivity contribution in [2.24, 2.45) is 0 Å². The molecule has 1 atom stereocenters. The number of benzene rings is 2. The summed E-state index contributed by atoms with van der Waals surface area (Å²) in [5.74, 6) is 1.29. The van der Waals surface area contributed by atoms with Crippen LogP contribution >= 0.6 is 0 Å². The molecule has 0 radical (unpaired) electrons. The Balaban J connectivity index is 1.65. The highest BCUT2D eigenvalue weighted by atomic mass is 16.5. The van der Waals surface area contributed by atoms with Crippen molar-refractivity contribution >= 4 is 5.69 Å². The van der Waals surface area contributed by atoms with E-state index >= 15 is 0 Å². The number of aryl methyl sites for hydroxylation is 3. The highest BCUT2D eigenvalue weighted by molar-refractivity contribution is 5.69. The summed E-state index contributed by atoms with van der Waals surface area (Å²) in [4.78, 5) is 5.01. The van der Waals surface area contributed by atoms with E-state index in [-0.39, 0.29) is 5.92 Å². The van der Waals surface area contributed by atoms with Crippen molar-refractivity contribution in [3.8, 4) is 17.4 Å². The van der Waals surface area contributed by atoms with E-state index in [0.29, 0.717) is 5.88 Å². The summed E-state index contributed by atoms with van der Waals surface area (Å²) >= 11 is 0. The quantitative estimate of drug-likeness (QED) is 0.400. The predicted octanol–water partition coefficient (Wildman–Crippen LogP) is 5.63. The highest BCUT2D eigenvalue weighted by Crippen LogP contribution is 2.52. The molecule has 1 aliphatic carbocycles. The summed E-state index contributed by atoms with van der Waals surface area (Å²) in [5.41, 5.74) is 16.4. The van der Waals surface area contributed by atoms with Gasteiger partial charge in [0.25, 0.3) is 0 Å². The van der Waals surface area contributed by atoms with Crippen LogP contribution in [0.4, 0.5) is 5.69 Å². The summed E-state index contributed by atoms with van der Waals surface area (Å²) in [6.07, 6.45) is 4.24. The number of para-hydroxylation sites is 1. The minimum atomic E-state index is -0.0640. The Morgan fingerprint density at radius 1 is 0.969 bits per heavy atom. The number of nitrogens with zero attached hydrogens (tertiary/aromatic N) is 3. The zero-order valence-electron chi connectivity index (χ0n) is 18.4. The van der Waals surface area contributed by atoms with E-state index in [2.05, 4.69) is 38.1 Å². The Bertz CT molecular complexity index is 1340. The Hall–Kier alpha value is -3.60. The van der Waals surface area contributed by atoms with Gasteiger partial charge >= 0.3 is 0 Å². The Morgan fingerprint density at radius 2 is 1.78 bits per heavy atom. The van der Waals surface area contributed by atoms with Gasteiger partial charge in [-0.1, -0.05) is 48.0 Å². The molecule has 3 heterocycles. The van der Waals surface area contributed by atoms with Crippen molar-refractivity contribution in [1.29, 1.82) is 0 Å². The molecule has 160 valence electrons. The highest BCUT2D eigenvalue weighted by Gasteiger charge is 2.38. The van der Waals surface area contributed by atoms with Crippen LogP contribution in [0, 0.1) is 13.8 Å². The van der Waals surface area contributed by atoms with Gasteiger partial charge in [0.1, 0.15) is 0 Å². The van der Waals surface area contributed by atoms with E-state index in [1.165, 1.54) is 16.7 Å². The van der Waals surface area contributed by atoms with Crippen molar-refractivity contribution in [3.05, 3.63) is 93.8 Å². The summed E-state index contributed by atoms with van der Waals surface area (Å²) in [6, 6.07) is 18.8. The first-order valence-corrected chi connectivity index (χ1v) is 11.3. The number of anilines is 1. The van der Waals surface area contributed by atoms with Crippen LogP contribution < -0.4 is 10.5 Å². The summed E-state index contributed by atoms with van der Waals surface area (Å²) in [7, 11) is 0. The molecule has 1 unspecified atom stereocenters. The lowest BCUT2D eigenvalue weighted by atomic mass is 9.80. The lowest BCUT2D eigenvalue weighted by Crippen LogP contribution is -2.20. The fourth-order valence-corrected chi connectivity index (χ4v) is 5.23. The average molecular weight is 423 g/mol. The second kappa shape index (κ2) is 7.23. The van der Waals surface area contributed by atoms with Gasteiger partial charge in [-0.05, 0) is 62.8 Å². The number of aromatic nitrogens is 3. The maximum absolute atomic E-state index is 6.87. The number of rotatable bonds is 2. The molecule has 32 heavy (non-hydrogen) atoms. The van der Waals surface area contributed by atoms with Gasteiger partial charge in [0, 0.05) is 22.9 Å². The molecule has 0 amide bonds. The average Bonchev–Trinajstić information content (AvgIpc) is 3.14. The molecule has 0 spiro atoms. The molecule has 2 N–H and O–H groups in total. The molecule has 2 aromatic heterocycles. The third kappa shape index (κ3) is 2.84. The molecule has 2 aliphatic rings. The molecule has 4 aromatic rings. The van der Waals surface area contributed by atoms with Crippen molar-refractivity contribution in [2.75, 3.05) is 5.73 Å². The standard InChI is InChI=1S/C27H26N4O/c1-16-9-8-10-18(15-16)23-22-17(2)30-31(19-11-4-3-5-12-19)27(22)32-26-24(23)25(28)20-13-6-7-14-21(20)29-26/h3-5,8-12,15,23H,6-7,13-14H2,1-2H3,(H2,28,29). The van der Waals surface area contributed by atoms with E-state index < -0.39 is 0 Å². The molecular weight excluding hydrogens is 396 g/mol. The third-order valence-electron chi connectivity index (χ3n) is 6.73. The van der Waals surface area contributed by atoms with Gasteiger partial charge < -0.3 is 10.5 Å². The zero-order chi connectivity index (χ0) is 21.8. The van der Waals surface area contributed by atoms with Crippen molar-refractivity contribution in [2.45, 2.75) is 45.4 Å². The summed E-state index contributed by atoms with van der Waals surface area (Å²) in [5, 5.41) is 4.89. The van der Waals surface area contributed by atoms with Gasteiger partial charge in [0.2, 0.25) is 11.8 Å². The second-order valence-electron chi connectivity index (χ2n) is 8.88. The number of ether oxygens (including phenoxy) is 1. The summed E-state index contributed by atoms with van der Waals surface area (Å²) < 4.78 is 8.42. The van der Waals surface area contributed by atoms with Crippen LogP contribution in [0.15, 0.2) is 54.6 Å². The lowest BCUT2D eigenvalue weighted by molar-refractivity contribution is 0.401. The number of fused-ring (bicyclic) bond motifs is 3. The van der Waals surface area contributed by atoms with Crippen LogP contribution in [0.1, 0.15) is 58.0 Å². The number of hydrogen-bond donors (Lipinski definition) is 1. The van der Waals surface area contributed by atoms with Crippen LogP contribution in [0.25, 0.3) is 5.69 Å². The number of hydrogen-bond acceptors (Lipinski definition) is 4. The van der Waals surface area contributed by atoms with Gasteiger partial charge in [-0.15, -0.1) is 0 Å². The van der Waals surface area contributed by atoms with Gasteiger partial charge in [-0.2, -0.15) is 5.10 Å². The molecule has 2 aromatic carbocycles. The maximum atomic E-state index is 6.87. The predicted molar refractivity (Wildman–Crippen MR) is 126 cm³/mol. The fraction of sp³-hybridized carbons (Fsp3) is 0.259. The first kappa shape index (κ1) is 19.1. The van der Waals surface area contributed by atoms with Gasteiger partial charge in [0.05, 0.1) is 16.9 Å². The number of nitrogens with two attached hydrogens (primary N) is 1. The maximum Gasteiger partial charge on any atom is 0.229 e. The second-order valence-corrected chi connectivity index (χ2v) is 8.88. The number of pyridine rings is 1. The van der Waals surface area contributed by atoms with Crippen molar-refractivity contribution < 1.29 is 4.74 Å². The first-order chi connectivity index (χ1) is 15.6. The summed E-state index contributed by atoms with van der Waals surface area (Å²) in [6.45, 7) is 4.18. The van der Waals surface area contributed by atoms with Gasteiger partial charge in [-0.3, -0.25) is 0 Å². The van der Waals surface area contributed by atoms with Crippen LogP contribution in [0.3, 0.4) is 0 Å². The fourth-order valence-electron chi connectivity index (χ4n) is 5.23. The molecule has 0 saturated carbocycles. The van der Waals surface area contributed by atoms with E-state index in [1.54, 1.807) is 0 Å². The van der Waals surface area contributed by atoms with Crippen LogP contribution in [-0.2, 0) is 12.8 Å². The van der Waals surface area contributed by atoms with Crippen LogP contribution in [0.2, 0.25) is 0 Å². The largest absolute Gasteiger partial charge is 0.420 e. The van der Waals surface area contributed by atoms with Gasteiger partial charge in [0.15, 0.2) is 0 Å². The first-order valence-electron chi connectivity index (χ1n) is 11.3. The number of nitrogen functional groups attached to an aromatic ring is 1. The third-order valence-corrected chi connectivity index (χ3v) is 6.73. The molecule has 5 heteroatoms. The molecular formula is C27H26N4O. The molecule has 0 saturated heterocycles. The Kier molecular flexibility index (Phi) is 4.32. The molecule has 5 nitrogen and oxygen atoms in total.